The van der Waals surface area contributed by atoms with Crippen LogP contribution in [-0.4, -0.2) is 20.7 Å². The Bertz CT molecular complexity index is 417. The van der Waals surface area contributed by atoms with Crippen LogP contribution in [-0.2, 0) is 9.22 Å². The Morgan fingerprint density at radius 1 is 1.22 bits per heavy atom. The Kier molecular flexibility index (Phi) is 7.47. The second-order valence-corrected chi connectivity index (χ2v) is 13.2. The van der Waals surface area contributed by atoms with Gasteiger partial charge in [-0.3, -0.25) is 0 Å². The van der Waals surface area contributed by atoms with Crippen LogP contribution in [0, 0.1) is 5.41 Å². The molecule has 0 heterocycles. The van der Waals surface area contributed by atoms with E-state index >= 15 is 0 Å². The Morgan fingerprint density at radius 3 is 2.30 bits per heavy atom. The molecular weight excluding hydrogens is 300 g/mol. The quantitative estimate of drug-likeness (QED) is 0.222. The minimum absolute atomic E-state index is 0.167. The Balaban J connectivity index is 2.87. The maximum atomic E-state index is 11.8. The van der Waals surface area contributed by atoms with Gasteiger partial charge in [0.05, 0.1) is 5.41 Å². The van der Waals surface area contributed by atoms with Crippen molar-refractivity contribution in [2.24, 2.45) is 5.41 Å². The molecule has 0 N–H and O–H groups in total. The number of rotatable bonds is 9. The largest absolute Gasteiger partial charge is 0.414 e. The molecule has 23 heavy (non-hydrogen) atoms. The summed E-state index contributed by atoms with van der Waals surface area (Å²) in [6.07, 6.45) is 16.0. The Labute approximate surface area is 144 Å². The molecule has 1 aliphatic carbocycles. The minimum Gasteiger partial charge on any atom is -0.414 e. The van der Waals surface area contributed by atoms with E-state index in [1.54, 1.807) is 0 Å². The molecule has 1 aliphatic rings. The summed E-state index contributed by atoms with van der Waals surface area (Å²) in [6.45, 7) is 13.7. The van der Waals surface area contributed by atoms with E-state index in [2.05, 4.69) is 65.1 Å². The van der Waals surface area contributed by atoms with Gasteiger partial charge in [0.2, 0.25) is 0 Å². The molecule has 0 aromatic carbocycles. The molecule has 1 rings (SSSR count). The first-order valence-electron chi connectivity index (χ1n) is 9.15. The van der Waals surface area contributed by atoms with Crippen molar-refractivity contribution in [1.29, 1.82) is 0 Å². The summed E-state index contributed by atoms with van der Waals surface area (Å²) in [6, 6.07) is 0. The van der Waals surface area contributed by atoms with E-state index in [1.807, 2.05) is 0 Å². The van der Waals surface area contributed by atoms with Crippen molar-refractivity contribution in [3.05, 3.63) is 24.3 Å². The van der Waals surface area contributed by atoms with E-state index in [9.17, 15) is 4.79 Å². The van der Waals surface area contributed by atoms with Gasteiger partial charge < -0.3 is 9.22 Å². The lowest BCUT2D eigenvalue weighted by atomic mass is 9.80. The summed E-state index contributed by atoms with van der Waals surface area (Å²) < 4.78 is 6.69. The van der Waals surface area contributed by atoms with Gasteiger partial charge in [0, 0.05) is 6.10 Å². The molecule has 0 radical (unpaired) electrons. The molecule has 1 atom stereocenters. The number of allylic oxidation sites excluding steroid dienone is 4. The maximum Gasteiger partial charge on any atom is 0.192 e. The van der Waals surface area contributed by atoms with Crippen molar-refractivity contribution in [3.63, 3.8) is 0 Å². The zero-order valence-corrected chi connectivity index (χ0v) is 17.0. The van der Waals surface area contributed by atoms with Crippen LogP contribution in [0.2, 0.25) is 18.1 Å². The van der Waals surface area contributed by atoms with Crippen LogP contribution in [0.4, 0.5) is 0 Å². The molecule has 0 aromatic heterocycles. The van der Waals surface area contributed by atoms with Gasteiger partial charge in [-0.05, 0) is 37.4 Å². The van der Waals surface area contributed by atoms with Crippen LogP contribution >= 0.6 is 0 Å². The van der Waals surface area contributed by atoms with Gasteiger partial charge in [-0.2, -0.15) is 0 Å². The lowest BCUT2D eigenvalue weighted by molar-refractivity contribution is -0.113. The molecule has 3 heteroatoms. The first kappa shape index (κ1) is 20.4. The van der Waals surface area contributed by atoms with Crippen LogP contribution in [0.3, 0.4) is 0 Å². The molecule has 0 saturated carbocycles. The highest BCUT2D eigenvalue weighted by Gasteiger charge is 2.40. The van der Waals surface area contributed by atoms with Gasteiger partial charge in [0.25, 0.3) is 0 Å². The van der Waals surface area contributed by atoms with Crippen LogP contribution in [0.5, 0.6) is 0 Å². The SMILES string of the molecule is CCCCC[C@@H](CC1(C=O)C=CCC=C1)O[Si](C)(C)C(C)(C)C. The molecule has 0 fully saturated rings. The lowest BCUT2D eigenvalue weighted by Gasteiger charge is -2.41. The zero-order chi connectivity index (χ0) is 17.6. The summed E-state index contributed by atoms with van der Waals surface area (Å²) in [5.41, 5.74) is -0.461. The fraction of sp³-hybridized carbons (Fsp3) is 0.750. The first-order valence-corrected chi connectivity index (χ1v) is 12.1. The molecule has 0 aliphatic heterocycles. The molecule has 0 unspecified atom stereocenters. The normalized spacial score (nSPS) is 18.9. The maximum absolute atomic E-state index is 11.8. The second kappa shape index (κ2) is 8.43. The summed E-state index contributed by atoms with van der Waals surface area (Å²) in [7, 11) is -1.82. The van der Waals surface area contributed by atoms with Crippen molar-refractivity contribution >= 4 is 14.6 Å². The van der Waals surface area contributed by atoms with E-state index in [-0.39, 0.29) is 11.1 Å². The van der Waals surface area contributed by atoms with Crippen LogP contribution in [0.1, 0.15) is 66.2 Å². The minimum atomic E-state index is -1.82. The van der Waals surface area contributed by atoms with E-state index in [1.165, 1.54) is 19.3 Å². The lowest BCUT2D eigenvalue weighted by Crippen LogP contribution is -2.45. The predicted molar refractivity (Wildman–Crippen MR) is 102 cm³/mol. The molecule has 0 bridgehead atoms. The van der Waals surface area contributed by atoms with E-state index in [0.29, 0.717) is 0 Å². The van der Waals surface area contributed by atoms with Crippen molar-refractivity contribution in [1.82, 2.24) is 0 Å². The zero-order valence-electron chi connectivity index (χ0n) is 16.0. The van der Waals surface area contributed by atoms with E-state index in [4.69, 9.17) is 4.43 Å². The monoisotopic (exact) mass is 336 g/mol. The molecule has 0 amide bonds. The molecule has 0 aromatic rings. The smallest absolute Gasteiger partial charge is 0.192 e. The van der Waals surface area contributed by atoms with Gasteiger partial charge in [0.1, 0.15) is 6.29 Å². The van der Waals surface area contributed by atoms with Crippen LogP contribution in [0.25, 0.3) is 0 Å². The highest BCUT2D eigenvalue weighted by atomic mass is 28.4. The molecular formula is C20H36O2Si. The van der Waals surface area contributed by atoms with Crippen molar-refractivity contribution in [2.45, 2.75) is 90.5 Å². The molecule has 0 spiro atoms. The Morgan fingerprint density at radius 2 is 1.83 bits per heavy atom. The number of hydrogen-bond donors (Lipinski definition) is 0. The average Bonchev–Trinajstić information content (AvgIpc) is 2.47. The standard InChI is InChI=1S/C20H36O2Si/c1-7-8-10-13-18(22-23(5,6)19(2,3)4)16-20(17-21)14-11-9-12-15-20/h11-12,14-15,17-18H,7-10,13,16H2,1-6H3/t18-/m0/s1. The van der Waals surface area contributed by atoms with Crippen LogP contribution in [0.15, 0.2) is 24.3 Å². The average molecular weight is 337 g/mol. The molecule has 0 saturated heterocycles. The predicted octanol–water partition coefficient (Wildman–Crippen LogP) is 6.05. The van der Waals surface area contributed by atoms with Gasteiger partial charge in [0.15, 0.2) is 8.32 Å². The topological polar surface area (TPSA) is 26.3 Å². The van der Waals surface area contributed by atoms with Gasteiger partial charge in [-0.15, -0.1) is 0 Å². The number of hydrogen-bond acceptors (Lipinski definition) is 2. The fourth-order valence-electron chi connectivity index (χ4n) is 2.78. The Hall–Kier alpha value is -0.673. The van der Waals surface area contributed by atoms with Gasteiger partial charge in [-0.25, -0.2) is 0 Å². The summed E-state index contributed by atoms with van der Waals surface area (Å²) in [4.78, 5) is 11.8. The summed E-state index contributed by atoms with van der Waals surface area (Å²) >= 11 is 0. The van der Waals surface area contributed by atoms with E-state index < -0.39 is 13.7 Å². The second-order valence-electron chi connectivity index (χ2n) is 8.47. The number of unbranched alkanes of at least 4 members (excludes halogenated alkanes) is 2. The summed E-state index contributed by atoms with van der Waals surface area (Å²) in [5, 5.41) is 0.197. The highest BCUT2D eigenvalue weighted by Crippen LogP contribution is 2.40. The fourth-order valence-corrected chi connectivity index (χ4v) is 4.17. The third-order valence-corrected chi connectivity index (χ3v) is 9.86. The van der Waals surface area contributed by atoms with Crippen molar-refractivity contribution in [3.8, 4) is 0 Å². The van der Waals surface area contributed by atoms with Crippen molar-refractivity contribution in [2.75, 3.05) is 0 Å². The molecule has 2 nitrogen and oxygen atoms in total. The first-order chi connectivity index (χ1) is 10.7. The van der Waals surface area contributed by atoms with Crippen molar-refractivity contribution < 1.29 is 9.22 Å². The molecule has 132 valence electrons. The van der Waals surface area contributed by atoms with Gasteiger partial charge in [-0.1, -0.05) is 71.3 Å². The van der Waals surface area contributed by atoms with Gasteiger partial charge >= 0.3 is 0 Å². The highest BCUT2D eigenvalue weighted by molar-refractivity contribution is 6.74. The number of carbonyl (C=O) groups is 1. The summed E-state index contributed by atoms with van der Waals surface area (Å²) in [5.74, 6) is 0. The van der Waals surface area contributed by atoms with E-state index in [0.717, 1.165) is 25.5 Å². The van der Waals surface area contributed by atoms with Crippen LogP contribution < -0.4 is 0 Å². The third-order valence-electron chi connectivity index (χ3n) is 5.33. The number of carbonyl (C=O) groups excluding carboxylic acids is 1. The third kappa shape index (κ3) is 6.04. The number of aldehydes is 1.